The van der Waals surface area contributed by atoms with Crippen molar-refractivity contribution in [2.45, 2.75) is 12.8 Å². The summed E-state index contributed by atoms with van der Waals surface area (Å²) < 4.78 is 1.41. The number of aromatic nitrogens is 4. The molecule has 7 heteroatoms. The molecule has 88 valence electrons. The molecule has 0 aliphatic heterocycles. The van der Waals surface area contributed by atoms with Crippen molar-refractivity contribution in [1.29, 1.82) is 0 Å². The normalized spacial score (nSPS) is 12.4. The maximum Gasteiger partial charge on any atom is 0.310 e. The van der Waals surface area contributed by atoms with Gasteiger partial charge in [-0.25, -0.2) is 4.68 Å². The average molecular weight is 253 g/mol. The highest BCUT2D eigenvalue weighted by atomic mass is 35.5. The maximum absolute atomic E-state index is 11.0. The molecule has 0 aliphatic rings. The van der Waals surface area contributed by atoms with E-state index < -0.39 is 11.9 Å². The number of nitrogens with zero attached hydrogens (tertiary/aromatic N) is 4. The van der Waals surface area contributed by atoms with E-state index in [2.05, 4.69) is 15.5 Å². The summed E-state index contributed by atoms with van der Waals surface area (Å²) in [7, 11) is 0. The molecule has 1 aromatic carbocycles. The van der Waals surface area contributed by atoms with Gasteiger partial charge in [0.25, 0.3) is 0 Å². The minimum absolute atomic E-state index is 0.477. The molecule has 17 heavy (non-hydrogen) atoms. The first-order valence-electron chi connectivity index (χ1n) is 4.85. The van der Waals surface area contributed by atoms with Gasteiger partial charge >= 0.3 is 5.97 Å². The van der Waals surface area contributed by atoms with Gasteiger partial charge in [0.15, 0.2) is 0 Å². The number of aliphatic carboxylic acids is 1. The molecule has 0 bridgehead atoms. The lowest BCUT2D eigenvalue weighted by Gasteiger charge is -2.12. The van der Waals surface area contributed by atoms with Crippen LogP contribution in [0, 0.1) is 0 Å². The number of rotatable bonds is 3. The Morgan fingerprint density at radius 3 is 2.88 bits per heavy atom. The van der Waals surface area contributed by atoms with E-state index in [1.165, 1.54) is 11.0 Å². The number of tetrazole rings is 1. The van der Waals surface area contributed by atoms with E-state index in [-0.39, 0.29) is 0 Å². The van der Waals surface area contributed by atoms with Crippen LogP contribution >= 0.6 is 11.6 Å². The van der Waals surface area contributed by atoms with Gasteiger partial charge in [0.2, 0.25) is 0 Å². The summed E-state index contributed by atoms with van der Waals surface area (Å²) in [5, 5.41) is 20.3. The molecule has 0 amide bonds. The van der Waals surface area contributed by atoms with E-state index >= 15 is 0 Å². The van der Waals surface area contributed by atoms with Crippen LogP contribution in [-0.4, -0.2) is 31.3 Å². The molecular weight excluding hydrogens is 244 g/mol. The van der Waals surface area contributed by atoms with E-state index in [0.717, 1.165) is 0 Å². The predicted octanol–water partition coefficient (Wildman–Crippen LogP) is 1.50. The lowest BCUT2D eigenvalue weighted by atomic mass is 9.99. The highest BCUT2D eigenvalue weighted by molar-refractivity contribution is 6.30. The molecule has 0 radical (unpaired) electrons. The molecule has 1 aromatic heterocycles. The van der Waals surface area contributed by atoms with Crippen LogP contribution in [0.25, 0.3) is 5.69 Å². The minimum Gasteiger partial charge on any atom is -0.481 e. The monoisotopic (exact) mass is 252 g/mol. The van der Waals surface area contributed by atoms with Crippen molar-refractivity contribution in [2.24, 2.45) is 0 Å². The second-order valence-corrected chi connectivity index (χ2v) is 3.95. The van der Waals surface area contributed by atoms with Crippen LogP contribution in [0.15, 0.2) is 24.5 Å². The van der Waals surface area contributed by atoms with Gasteiger partial charge in [0.05, 0.1) is 11.6 Å². The molecule has 0 spiro atoms. The number of carbonyl (C=O) groups is 1. The summed E-state index contributed by atoms with van der Waals surface area (Å²) in [4.78, 5) is 11.0. The van der Waals surface area contributed by atoms with Crippen LogP contribution < -0.4 is 0 Å². The van der Waals surface area contributed by atoms with Gasteiger partial charge in [-0.05, 0) is 41.1 Å². The highest BCUT2D eigenvalue weighted by Gasteiger charge is 2.19. The second-order valence-electron chi connectivity index (χ2n) is 3.52. The number of benzene rings is 1. The summed E-state index contributed by atoms with van der Waals surface area (Å²) in [5.41, 5.74) is 1.17. The number of hydrogen-bond donors (Lipinski definition) is 1. The van der Waals surface area contributed by atoms with E-state index in [1.54, 1.807) is 25.1 Å². The van der Waals surface area contributed by atoms with Gasteiger partial charge in [0, 0.05) is 5.02 Å². The molecule has 0 fully saturated rings. The van der Waals surface area contributed by atoms with Crippen molar-refractivity contribution >= 4 is 17.6 Å². The van der Waals surface area contributed by atoms with Crippen LogP contribution in [0.3, 0.4) is 0 Å². The molecule has 1 N–H and O–H groups in total. The number of carboxylic acids is 1. The third kappa shape index (κ3) is 2.26. The van der Waals surface area contributed by atoms with E-state index in [4.69, 9.17) is 16.7 Å². The fraction of sp³-hybridized carbons (Fsp3) is 0.200. The van der Waals surface area contributed by atoms with Gasteiger partial charge in [-0.2, -0.15) is 0 Å². The third-order valence-electron chi connectivity index (χ3n) is 2.42. The second kappa shape index (κ2) is 4.50. The van der Waals surface area contributed by atoms with Crippen molar-refractivity contribution in [3.63, 3.8) is 0 Å². The molecule has 1 heterocycles. The molecule has 1 atom stereocenters. The minimum atomic E-state index is -0.929. The molecule has 0 saturated heterocycles. The summed E-state index contributed by atoms with van der Waals surface area (Å²) in [6, 6.07) is 4.96. The zero-order chi connectivity index (χ0) is 12.4. The fourth-order valence-corrected chi connectivity index (χ4v) is 1.67. The van der Waals surface area contributed by atoms with Crippen molar-refractivity contribution in [1.82, 2.24) is 20.2 Å². The lowest BCUT2D eigenvalue weighted by Crippen LogP contribution is -2.11. The van der Waals surface area contributed by atoms with Gasteiger partial charge in [0.1, 0.15) is 6.33 Å². The first kappa shape index (κ1) is 11.5. The van der Waals surface area contributed by atoms with Crippen LogP contribution in [0.5, 0.6) is 0 Å². The smallest absolute Gasteiger partial charge is 0.310 e. The molecular formula is C10H9ClN4O2. The zero-order valence-electron chi connectivity index (χ0n) is 8.91. The molecule has 0 aliphatic carbocycles. The Morgan fingerprint density at radius 2 is 2.29 bits per heavy atom. The molecule has 2 aromatic rings. The number of halogens is 1. The van der Waals surface area contributed by atoms with Crippen molar-refractivity contribution in [3.05, 3.63) is 35.1 Å². The Bertz CT molecular complexity index is 541. The summed E-state index contributed by atoms with van der Waals surface area (Å²) >= 11 is 5.87. The Balaban J connectivity index is 2.56. The average Bonchev–Trinajstić information content (AvgIpc) is 2.81. The third-order valence-corrected chi connectivity index (χ3v) is 2.66. The van der Waals surface area contributed by atoms with Crippen LogP contribution in [0.4, 0.5) is 0 Å². The summed E-state index contributed by atoms with van der Waals surface area (Å²) in [6.07, 6.45) is 1.40. The maximum atomic E-state index is 11.0. The van der Waals surface area contributed by atoms with Gasteiger partial charge < -0.3 is 5.11 Å². The van der Waals surface area contributed by atoms with Crippen LogP contribution in [0.1, 0.15) is 18.4 Å². The Labute approximate surface area is 102 Å². The van der Waals surface area contributed by atoms with E-state index in [1.807, 2.05) is 0 Å². The Hall–Kier alpha value is -1.95. The molecule has 1 unspecified atom stereocenters. The van der Waals surface area contributed by atoms with Crippen LogP contribution in [-0.2, 0) is 4.79 Å². The lowest BCUT2D eigenvalue weighted by molar-refractivity contribution is -0.138. The SMILES string of the molecule is CC(C(=O)O)c1cc(Cl)ccc1-n1cnnn1. The number of hydrogen-bond acceptors (Lipinski definition) is 4. The molecule has 6 nitrogen and oxygen atoms in total. The van der Waals surface area contributed by atoms with Gasteiger partial charge in [-0.1, -0.05) is 11.6 Å². The topological polar surface area (TPSA) is 80.9 Å². The standard InChI is InChI=1S/C10H9ClN4O2/c1-6(10(16)17)8-4-7(11)2-3-9(8)15-5-12-13-14-15/h2-6H,1H3,(H,16,17). The highest BCUT2D eigenvalue weighted by Crippen LogP contribution is 2.26. The van der Waals surface area contributed by atoms with Gasteiger partial charge in [-0.3, -0.25) is 4.79 Å². The van der Waals surface area contributed by atoms with Crippen LogP contribution in [0.2, 0.25) is 5.02 Å². The van der Waals surface area contributed by atoms with E-state index in [9.17, 15) is 4.79 Å². The van der Waals surface area contributed by atoms with Crippen molar-refractivity contribution in [3.8, 4) is 5.69 Å². The van der Waals surface area contributed by atoms with Crippen molar-refractivity contribution < 1.29 is 9.90 Å². The zero-order valence-corrected chi connectivity index (χ0v) is 9.66. The summed E-state index contributed by atoms with van der Waals surface area (Å²) in [6.45, 7) is 1.59. The van der Waals surface area contributed by atoms with Crippen molar-refractivity contribution in [2.75, 3.05) is 0 Å². The quantitative estimate of drug-likeness (QED) is 0.895. The molecule has 2 rings (SSSR count). The van der Waals surface area contributed by atoms with E-state index in [0.29, 0.717) is 16.3 Å². The molecule has 0 saturated carbocycles. The first-order valence-corrected chi connectivity index (χ1v) is 5.23. The van der Waals surface area contributed by atoms with Gasteiger partial charge in [-0.15, -0.1) is 5.10 Å². The number of carboxylic acid groups (broad SMARTS) is 1. The Kier molecular flexibility index (Phi) is 3.06. The summed E-state index contributed by atoms with van der Waals surface area (Å²) in [5.74, 6) is -1.62. The first-order chi connectivity index (χ1) is 8.09. The predicted molar refractivity (Wildman–Crippen MR) is 60.2 cm³/mol. The Morgan fingerprint density at radius 1 is 1.53 bits per heavy atom. The largest absolute Gasteiger partial charge is 0.481 e. The fourth-order valence-electron chi connectivity index (χ4n) is 1.49.